The first kappa shape index (κ1) is 20.4. The van der Waals surface area contributed by atoms with Gasteiger partial charge < -0.3 is 10.2 Å². The smallest absolute Gasteiger partial charge is 0.265 e. The molecule has 1 aliphatic heterocycles. The standard InChI is InChI=1S/C14H23N3O3S2.ClH/c1-15-7-10-16(2)14(18)13-12(6-11-21-13)22(19,20)17-8-4-3-5-9-17;/h6,11,15H,3-5,7-10H2,1-2H3;1H. The topological polar surface area (TPSA) is 69.7 Å². The van der Waals surface area contributed by atoms with Crippen molar-refractivity contribution >= 4 is 39.7 Å². The predicted molar refractivity (Wildman–Crippen MR) is 95.1 cm³/mol. The minimum atomic E-state index is -3.57. The average Bonchev–Trinajstić information content (AvgIpc) is 3.03. The van der Waals surface area contributed by atoms with Gasteiger partial charge in [0.15, 0.2) is 0 Å². The molecule has 2 heterocycles. The Morgan fingerprint density at radius 1 is 1.35 bits per heavy atom. The number of likely N-dealkylation sites (N-methyl/N-ethyl adjacent to an activating group) is 2. The van der Waals surface area contributed by atoms with Crippen LogP contribution >= 0.6 is 23.7 Å². The van der Waals surface area contributed by atoms with E-state index in [0.29, 0.717) is 31.1 Å². The van der Waals surface area contributed by atoms with Gasteiger partial charge in [0.1, 0.15) is 9.77 Å². The number of thiophene rings is 1. The lowest BCUT2D eigenvalue weighted by Crippen LogP contribution is -2.37. The molecule has 6 nitrogen and oxygen atoms in total. The largest absolute Gasteiger partial charge is 0.340 e. The molecule has 0 unspecified atom stereocenters. The number of sulfonamides is 1. The highest BCUT2D eigenvalue weighted by molar-refractivity contribution is 7.89. The molecule has 1 N–H and O–H groups in total. The number of piperidine rings is 1. The average molecular weight is 382 g/mol. The Bertz CT molecular complexity index is 613. The van der Waals surface area contributed by atoms with E-state index in [4.69, 9.17) is 0 Å². The molecule has 23 heavy (non-hydrogen) atoms. The maximum Gasteiger partial charge on any atom is 0.265 e. The van der Waals surface area contributed by atoms with Gasteiger partial charge in [0.05, 0.1) is 0 Å². The Morgan fingerprint density at radius 2 is 2.00 bits per heavy atom. The molecule has 0 saturated carbocycles. The molecular formula is C14H24ClN3O3S2. The normalized spacial score (nSPS) is 15.9. The van der Waals surface area contributed by atoms with Crippen molar-refractivity contribution < 1.29 is 13.2 Å². The van der Waals surface area contributed by atoms with Gasteiger partial charge in [-0.1, -0.05) is 6.42 Å². The first-order chi connectivity index (χ1) is 10.5. The summed E-state index contributed by atoms with van der Waals surface area (Å²) in [6.45, 7) is 2.29. The molecular weight excluding hydrogens is 358 g/mol. The van der Waals surface area contributed by atoms with E-state index in [9.17, 15) is 13.2 Å². The van der Waals surface area contributed by atoms with Crippen molar-refractivity contribution in [2.24, 2.45) is 0 Å². The van der Waals surface area contributed by atoms with E-state index in [1.54, 1.807) is 23.4 Å². The second-order valence-corrected chi connectivity index (χ2v) is 8.23. The van der Waals surface area contributed by atoms with Crippen molar-refractivity contribution in [1.82, 2.24) is 14.5 Å². The van der Waals surface area contributed by atoms with Gasteiger partial charge >= 0.3 is 0 Å². The fourth-order valence-corrected chi connectivity index (χ4v) is 5.36. The fraction of sp³-hybridized carbons (Fsp3) is 0.643. The molecule has 0 atom stereocenters. The third kappa shape index (κ3) is 4.67. The van der Waals surface area contributed by atoms with E-state index in [1.807, 2.05) is 7.05 Å². The SMILES string of the molecule is CNCCN(C)C(=O)c1sccc1S(=O)(=O)N1CCCCC1.Cl. The molecule has 9 heteroatoms. The monoisotopic (exact) mass is 381 g/mol. The highest BCUT2D eigenvalue weighted by Crippen LogP contribution is 2.28. The lowest BCUT2D eigenvalue weighted by atomic mass is 10.2. The summed E-state index contributed by atoms with van der Waals surface area (Å²) in [6, 6.07) is 1.55. The van der Waals surface area contributed by atoms with E-state index in [1.165, 1.54) is 15.6 Å². The number of carbonyl (C=O) groups is 1. The molecule has 0 spiro atoms. The molecule has 1 aromatic rings. The molecule has 0 aliphatic carbocycles. The zero-order valence-corrected chi connectivity index (χ0v) is 15.9. The summed E-state index contributed by atoms with van der Waals surface area (Å²) in [5, 5.41) is 4.65. The van der Waals surface area contributed by atoms with Crippen molar-refractivity contribution in [2.75, 3.05) is 40.3 Å². The molecule has 1 amide bonds. The van der Waals surface area contributed by atoms with E-state index in [0.717, 1.165) is 19.3 Å². The molecule has 1 fully saturated rings. The van der Waals surface area contributed by atoms with Crippen molar-refractivity contribution in [3.05, 3.63) is 16.3 Å². The lowest BCUT2D eigenvalue weighted by Gasteiger charge is -2.26. The first-order valence-corrected chi connectivity index (χ1v) is 9.78. The Morgan fingerprint density at radius 3 is 2.61 bits per heavy atom. The first-order valence-electron chi connectivity index (χ1n) is 7.46. The van der Waals surface area contributed by atoms with Gasteiger partial charge in [-0.3, -0.25) is 4.79 Å². The number of halogens is 1. The zero-order chi connectivity index (χ0) is 16.2. The molecule has 0 radical (unpaired) electrons. The summed E-state index contributed by atoms with van der Waals surface area (Å²) in [6.07, 6.45) is 2.83. The highest BCUT2D eigenvalue weighted by Gasteiger charge is 2.31. The van der Waals surface area contributed by atoms with Crippen LogP contribution in [0.5, 0.6) is 0 Å². The molecule has 1 aliphatic rings. The maximum absolute atomic E-state index is 12.8. The predicted octanol–water partition coefficient (Wildman–Crippen LogP) is 1.64. The Labute approximate surface area is 148 Å². The number of rotatable bonds is 6. The quantitative estimate of drug-likeness (QED) is 0.813. The molecule has 0 aromatic carbocycles. The van der Waals surface area contributed by atoms with E-state index in [-0.39, 0.29) is 23.2 Å². The van der Waals surface area contributed by atoms with Crippen LogP contribution in [0.4, 0.5) is 0 Å². The van der Waals surface area contributed by atoms with Crippen LogP contribution in [0.15, 0.2) is 16.3 Å². The van der Waals surface area contributed by atoms with E-state index >= 15 is 0 Å². The number of hydrogen-bond acceptors (Lipinski definition) is 5. The molecule has 0 bridgehead atoms. The minimum Gasteiger partial charge on any atom is -0.340 e. The third-order valence-corrected chi connectivity index (χ3v) is 6.77. The van der Waals surface area contributed by atoms with Gasteiger partial charge in [0.2, 0.25) is 10.0 Å². The van der Waals surface area contributed by atoms with Crippen molar-refractivity contribution in [3.8, 4) is 0 Å². The third-order valence-electron chi connectivity index (χ3n) is 3.80. The zero-order valence-electron chi connectivity index (χ0n) is 13.4. The van der Waals surface area contributed by atoms with Crippen molar-refractivity contribution in [3.63, 3.8) is 0 Å². The van der Waals surface area contributed by atoms with Gasteiger partial charge in [-0.05, 0) is 31.3 Å². The van der Waals surface area contributed by atoms with E-state index in [2.05, 4.69) is 5.32 Å². The second kappa shape index (κ2) is 8.98. The summed E-state index contributed by atoms with van der Waals surface area (Å²) in [4.78, 5) is 14.5. The van der Waals surface area contributed by atoms with Gasteiger partial charge in [-0.15, -0.1) is 23.7 Å². The van der Waals surface area contributed by atoms with Crippen LogP contribution in [0.3, 0.4) is 0 Å². The number of nitrogens with zero attached hydrogens (tertiary/aromatic N) is 2. The van der Waals surface area contributed by atoms with Crippen LogP contribution in [0.1, 0.15) is 28.9 Å². The van der Waals surface area contributed by atoms with Crippen LogP contribution in [0, 0.1) is 0 Å². The molecule has 1 aromatic heterocycles. The number of nitrogens with one attached hydrogen (secondary N) is 1. The van der Waals surface area contributed by atoms with Gasteiger partial charge in [-0.25, -0.2) is 8.42 Å². The molecule has 2 rings (SSSR count). The highest BCUT2D eigenvalue weighted by atomic mass is 35.5. The van der Waals surface area contributed by atoms with Crippen LogP contribution < -0.4 is 5.32 Å². The maximum atomic E-state index is 12.8. The summed E-state index contributed by atoms with van der Waals surface area (Å²) < 4.78 is 27.0. The number of carbonyl (C=O) groups excluding carboxylic acids is 1. The molecule has 1 saturated heterocycles. The second-order valence-electron chi connectivity index (χ2n) is 5.41. The summed E-state index contributed by atoms with van der Waals surface area (Å²) >= 11 is 1.19. The molecule has 132 valence electrons. The van der Waals surface area contributed by atoms with Crippen LogP contribution in [-0.2, 0) is 10.0 Å². The van der Waals surface area contributed by atoms with Crippen LogP contribution in [-0.4, -0.2) is 63.8 Å². The van der Waals surface area contributed by atoms with Crippen molar-refractivity contribution in [1.29, 1.82) is 0 Å². The summed E-state index contributed by atoms with van der Waals surface area (Å²) in [7, 11) is -0.0614. The van der Waals surface area contributed by atoms with Gasteiger partial charge in [-0.2, -0.15) is 4.31 Å². The minimum absolute atomic E-state index is 0. The van der Waals surface area contributed by atoms with Gasteiger partial charge in [0, 0.05) is 33.2 Å². The summed E-state index contributed by atoms with van der Waals surface area (Å²) in [5.74, 6) is -0.235. The lowest BCUT2D eigenvalue weighted by molar-refractivity contribution is 0.0798. The Kier molecular flexibility index (Phi) is 7.96. The Balaban J connectivity index is 0.00000264. The van der Waals surface area contributed by atoms with E-state index < -0.39 is 10.0 Å². The van der Waals surface area contributed by atoms with Crippen molar-refractivity contribution in [2.45, 2.75) is 24.2 Å². The van der Waals surface area contributed by atoms with Crippen LogP contribution in [0.25, 0.3) is 0 Å². The summed E-state index contributed by atoms with van der Waals surface area (Å²) in [5.41, 5.74) is 0. The fourth-order valence-electron chi connectivity index (χ4n) is 2.46. The van der Waals surface area contributed by atoms with Crippen LogP contribution in [0.2, 0.25) is 0 Å². The number of amides is 1. The number of hydrogen-bond donors (Lipinski definition) is 1. The Hall–Kier alpha value is -0.670. The van der Waals surface area contributed by atoms with Gasteiger partial charge in [0.25, 0.3) is 5.91 Å².